The van der Waals surface area contributed by atoms with Crippen LogP contribution in [0.15, 0.2) is 79.0 Å². The molecule has 0 aliphatic carbocycles. The van der Waals surface area contributed by atoms with Gasteiger partial charge >= 0.3 is 0 Å². The Balaban J connectivity index is 1.39. The number of aryl methyl sites for hydroxylation is 1. The first-order valence-electron chi connectivity index (χ1n) is 10.0. The highest BCUT2D eigenvalue weighted by Crippen LogP contribution is 2.23. The SMILES string of the molecule is Cc1cc(Cl)ccc1OCc1cccc(C(=O)Nc2ccn(Cc3ccccc3F)n2)c1. The van der Waals surface area contributed by atoms with Gasteiger partial charge < -0.3 is 10.1 Å². The van der Waals surface area contributed by atoms with Gasteiger partial charge in [-0.2, -0.15) is 5.10 Å². The summed E-state index contributed by atoms with van der Waals surface area (Å²) >= 11 is 5.98. The lowest BCUT2D eigenvalue weighted by Crippen LogP contribution is -2.13. The first-order valence-corrected chi connectivity index (χ1v) is 10.4. The fourth-order valence-electron chi connectivity index (χ4n) is 3.24. The fraction of sp³-hybridized carbons (Fsp3) is 0.120. The van der Waals surface area contributed by atoms with Crippen molar-refractivity contribution in [1.82, 2.24) is 9.78 Å². The molecular formula is C25H21ClFN3O2. The van der Waals surface area contributed by atoms with Crippen LogP contribution in [0.5, 0.6) is 5.75 Å². The highest BCUT2D eigenvalue weighted by molar-refractivity contribution is 6.30. The van der Waals surface area contributed by atoms with Gasteiger partial charge in [0.2, 0.25) is 0 Å². The molecule has 1 heterocycles. The molecule has 0 fully saturated rings. The van der Waals surface area contributed by atoms with E-state index in [0.717, 1.165) is 16.9 Å². The molecular weight excluding hydrogens is 429 g/mol. The molecule has 0 saturated carbocycles. The summed E-state index contributed by atoms with van der Waals surface area (Å²) in [6.07, 6.45) is 1.70. The number of nitrogens with one attached hydrogen (secondary N) is 1. The number of hydrogen-bond acceptors (Lipinski definition) is 3. The molecule has 1 aromatic heterocycles. The molecule has 0 aliphatic rings. The van der Waals surface area contributed by atoms with Crippen LogP contribution in [0.3, 0.4) is 0 Å². The van der Waals surface area contributed by atoms with Gasteiger partial charge in [-0.1, -0.05) is 41.9 Å². The maximum atomic E-state index is 13.8. The summed E-state index contributed by atoms with van der Waals surface area (Å²) in [6, 6.07) is 20.8. The van der Waals surface area contributed by atoms with Crippen molar-refractivity contribution in [2.75, 3.05) is 5.32 Å². The van der Waals surface area contributed by atoms with E-state index in [2.05, 4.69) is 10.4 Å². The summed E-state index contributed by atoms with van der Waals surface area (Å²) in [5.41, 5.74) is 2.81. The molecule has 4 rings (SSSR count). The van der Waals surface area contributed by atoms with E-state index < -0.39 is 0 Å². The molecule has 0 aliphatic heterocycles. The van der Waals surface area contributed by atoms with Crippen molar-refractivity contribution in [3.05, 3.63) is 112 Å². The maximum Gasteiger partial charge on any atom is 0.256 e. The lowest BCUT2D eigenvalue weighted by atomic mass is 10.1. The van der Waals surface area contributed by atoms with Crippen LogP contribution in [-0.4, -0.2) is 15.7 Å². The van der Waals surface area contributed by atoms with Gasteiger partial charge in [0.15, 0.2) is 5.82 Å². The average Bonchev–Trinajstić information content (AvgIpc) is 3.21. The maximum absolute atomic E-state index is 13.8. The van der Waals surface area contributed by atoms with E-state index in [0.29, 0.717) is 28.6 Å². The van der Waals surface area contributed by atoms with Gasteiger partial charge in [-0.25, -0.2) is 4.39 Å². The van der Waals surface area contributed by atoms with Gasteiger partial charge in [-0.3, -0.25) is 9.48 Å². The zero-order valence-corrected chi connectivity index (χ0v) is 18.1. The Morgan fingerprint density at radius 2 is 1.94 bits per heavy atom. The summed E-state index contributed by atoms with van der Waals surface area (Å²) < 4.78 is 21.3. The standard InChI is InChI=1S/C25H21ClFN3O2/c1-17-13-21(26)9-10-23(17)32-16-18-5-4-7-19(14-18)25(31)28-24-11-12-30(29-24)15-20-6-2-3-8-22(20)27/h2-14H,15-16H2,1H3,(H,28,29,31). The summed E-state index contributed by atoms with van der Waals surface area (Å²) in [5.74, 6) is 0.557. The number of carbonyl (C=O) groups excluding carboxylic acids is 1. The highest BCUT2D eigenvalue weighted by atomic mass is 35.5. The van der Waals surface area contributed by atoms with Crippen molar-refractivity contribution >= 4 is 23.3 Å². The lowest BCUT2D eigenvalue weighted by molar-refractivity contribution is 0.102. The third-order valence-corrected chi connectivity index (χ3v) is 5.13. The first kappa shape index (κ1) is 21.6. The van der Waals surface area contributed by atoms with Crippen LogP contribution < -0.4 is 10.1 Å². The number of anilines is 1. The zero-order chi connectivity index (χ0) is 22.5. The Labute approximate surface area is 190 Å². The predicted octanol–water partition coefficient (Wildman–Crippen LogP) is 5.86. The van der Waals surface area contributed by atoms with E-state index in [-0.39, 0.29) is 18.3 Å². The van der Waals surface area contributed by atoms with Crippen LogP contribution in [0.1, 0.15) is 27.0 Å². The third-order valence-electron chi connectivity index (χ3n) is 4.89. The molecule has 0 saturated heterocycles. The summed E-state index contributed by atoms with van der Waals surface area (Å²) in [6.45, 7) is 2.52. The van der Waals surface area contributed by atoms with Crippen molar-refractivity contribution in [3.63, 3.8) is 0 Å². The van der Waals surface area contributed by atoms with Gasteiger partial charge in [0.25, 0.3) is 5.91 Å². The number of hydrogen-bond donors (Lipinski definition) is 1. The second-order valence-electron chi connectivity index (χ2n) is 7.34. The van der Waals surface area contributed by atoms with Crippen LogP contribution in [0.25, 0.3) is 0 Å². The van der Waals surface area contributed by atoms with Gasteiger partial charge in [-0.15, -0.1) is 0 Å². The number of rotatable bonds is 7. The molecule has 5 nitrogen and oxygen atoms in total. The number of nitrogens with zero attached hydrogens (tertiary/aromatic N) is 2. The number of aromatic nitrogens is 2. The molecule has 1 N–H and O–H groups in total. The molecule has 32 heavy (non-hydrogen) atoms. The molecule has 0 bridgehead atoms. The normalized spacial score (nSPS) is 10.7. The minimum atomic E-state index is -0.290. The highest BCUT2D eigenvalue weighted by Gasteiger charge is 2.10. The second kappa shape index (κ2) is 9.66. The van der Waals surface area contributed by atoms with Crippen LogP contribution in [0.4, 0.5) is 10.2 Å². The third kappa shape index (κ3) is 5.34. The number of amides is 1. The van der Waals surface area contributed by atoms with E-state index in [9.17, 15) is 9.18 Å². The van der Waals surface area contributed by atoms with Crippen LogP contribution in [-0.2, 0) is 13.2 Å². The largest absolute Gasteiger partial charge is 0.489 e. The summed E-state index contributed by atoms with van der Waals surface area (Å²) in [4.78, 5) is 12.7. The average molecular weight is 450 g/mol. The van der Waals surface area contributed by atoms with E-state index in [1.807, 2.05) is 25.1 Å². The molecule has 0 radical (unpaired) electrons. The van der Waals surface area contributed by atoms with E-state index in [4.69, 9.17) is 16.3 Å². The van der Waals surface area contributed by atoms with Gasteiger partial charge in [0.1, 0.15) is 18.2 Å². The Morgan fingerprint density at radius 3 is 2.75 bits per heavy atom. The van der Waals surface area contributed by atoms with Crippen LogP contribution >= 0.6 is 11.6 Å². The van der Waals surface area contributed by atoms with Crippen LogP contribution in [0.2, 0.25) is 5.02 Å². The topological polar surface area (TPSA) is 56.1 Å². The summed E-state index contributed by atoms with van der Waals surface area (Å²) in [7, 11) is 0. The van der Waals surface area contributed by atoms with Crippen molar-refractivity contribution in [1.29, 1.82) is 0 Å². The van der Waals surface area contributed by atoms with Gasteiger partial charge in [0, 0.05) is 28.4 Å². The smallest absolute Gasteiger partial charge is 0.256 e. The van der Waals surface area contributed by atoms with Crippen molar-refractivity contribution in [3.8, 4) is 5.75 Å². The van der Waals surface area contributed by atoms with Gasteiger partial charge in [-0.05, 0) is 54.4 Å². The van der Waals surface area contributed by atoms with E-state index in [1.54, 1.807) is 59.4 Å². The molecule has 7 heteroatoms. The number of benzene rings is 3. The Kier molecular flexibility index (Phi) is 6.52. The fourth-order valence-corrected chi connectivity index (χ4v) is 3.47. The van der Waals surface area contributed by atoms with Crippen molar-refractivity contribution < 1.29 is 13.9 Å². The quantitative estimate of drug-likeness (QED) is 0.384. The molecule has 162 valence electrons. The summed E-state index contributed by atoms with van der Waals surface area (Å²) in [5, 5.41) is 7.74. The predicted molar refractivity (Wildman–Crippen MR) is 123 cm³/mol. The minimum Gasteiger partial charge on any atom is -0.489 e. The van der Waals surface area contributed by atoms with Gasteiger partial charge in [0.05, 0.1) is 6.54 Å². The minimum absolute atomic E-state index is 0.277. The van der Waals surface area contributed by atoms with Crippen molar-refractivity contribution in [2.45, 2.75) is 20.1 Å². The van der Waals surface area contributed by atoms with Crippen LogP contribution in [0, 0.1) is 12.7 Å². The Morgan fingerprint density at radius 1 is 1.09 bits per heavy atom. The van der Waals surface area contributed by atoms with E-state index >= 15 is 0 Å². The zero-order valence-electron chi connectivity index (χ0n) is 17.4. The lowest BCUT2D eigenvalue weighted by Gasteiger charge is -2.10. The number of ether oxygens (including phenoxy) is 1. The first-order chi connectivity index (χ1) is 15.5. The molecule has 4 aromatic rings. The monoisotopic (exact) mass is 449 g/mol. The molecule has 0 unspecified atom stereocenters. The number of halogens is 2. The molecule has 0 atom stereocenters. The molecule has 0 spiro atoms. The molecule has 1 amide bonds. The van der Waals surface area contributed by atoms with E-state index in [1.165, 1.54) is 6.07 Å². The molecule has 3 aromatic carbocycles. The van der Waals surface area contributed by atoms with Crippen molar-refractivity contribution in [2.24, 2.45) is 0 Å². The Hall–Kier alpha value is -3.64. The second-order valence-corrected chi connectivity index (χ2v) is 7.78. The number of carbonyl (C=O) groups is 1. The Bertz CT molecular complexity index is 1260.